The molecule has 0 aliphatic carbocycles. The number of ether oxygens (including phenoxy) is 1. The molecule has 0 saturated carbocycles. The zero-order valence-electron chi connectivity index (χ0n) is 22.1. The zero-order chi connectivity index (χ0) is 28.0. The van der Waals surface area contributed by atoms with Crippen molar-refractivity contribution in [2.45, 2.75) is 57.4 Å². The number of carbonyl (C=O) groups excluding carboxylic acids is 4. The molecule has 0 saturated heterocycles. The van der Waals surface area contributed by atoms with Crippen molar-refractivity contribution in [3.8, 4) is 0 Å². The molecule has 0 unspecified atom stereocenters. The summed E-state index contributed by atoms with van der Waals surface area (Å²) >= 11 is 0. The molecule has 0 bridgehead atoms. The van der Waals surface area contributed by atoms with Gasteiger partial charge in [-0.25, -0.2) is 10.3 Å². The van der Waals surface area contributed by atoms with E-state index in [9.17, 15) is 19.2 Å². The number of esters is 1. The highest BCUT2D eigenvalue weighted by molar-refractivity contribution is 5.98. The van der Waals surface area contributed by atoms with E-state index < -0.39 is 12.0 Å². The van der Waals surface area contributed by atoms with Crippen LogP contribution in [0.5, 0.6) is 0 Å². The minimum Gasteiger partial charge on any atom is -0.467 e. The molecule has 3 amide bonds. The molecule has 0 aliphatic rings. The molecule has 1 aromatic heterocycles. The first-order valence-electron chi connectivity index (χ1n) is 13.1. The molecule has 3 rings (SSSR count). The lowest BCUT2D eigenvalue weighted by Gasteiger charge is -2.16. The first-order valence-corrected chi connectivity index (χ1v) is 13.1. The molecule has 1 atom stereocenters. The van der Waals surface area contributed by atoms with Crippen LogP contribution in [0.4, 0.5) is 0 Å². The molecule has 0 fully saturated rings. The smallest absolute Gasteiger partial charge is 0.328 e. The maximum Gasteiger partial charge on any atom is 0.328 e. The summed E-state index contributed by atoms with van der Waals surface area (Å²) in [5.41, 5.74) is 4.76. The number of hydroxylamine groups is 1. The third-order valence-corrected chi connectivity index (χ3v) is 6.41. The van der Waals surface area contributed by atoms with Gasteiger partial charge in [-0.2, -0.15) is 0 Å². The number of methoxy groups -OCH3 is 1. The monoisotopic (exact) mass is 536 g/mol. The van der Waals surface area contributed by atoms with Crippen LogP contribution in [-0.2, 0) is 32.0 Å². The number of rotatable bonds is 15. The highest BCUT2D eigenvalue weighted by atomic mass is 16.5. The fourth-order valence-corrected chi connectivity index (χ4v) is 4.29. The second-order valence-corrected chi connectivity index (χ2v) is 9.39. The lowest BCUT2D eigenvalue weighted by Crippen LogP contribution is -2.43. The molecule has 3 aromatic rings. The maximum absolute atomic E-state index is 12.6. The Balaban J connectivity index is 1.46. The van der Waals surface area contributed by atoms with Crippen molar-refractivity contribution < 1.29 is 29.1 Å². The van der Waals surface area contributed by atoms with Gasteiger partial charge in [-0.05, 0) is 48.6 Å². The van der Waals surface area contributed by atoms with Gasteiger partial charge in [-0.1, -0.05) is 49.2 Å². The molecule has 0 spiro atoms. The summed E-state index contributed by atoms with van der Waals surface area (Å²) in [7, 11) is 1.30. The van der Waals surface area contributed by atoms with Gasteiger partial charge in [0.2, 0.25) is 11.8 Å². The number of aryl methyl sites for hydroxylation is 1. The van der Waals surface area contributed by atoms with Gasteiger partial charge in [0.15, 0.2) is 0 Å². The van der Waals surface area contributed by atoms with Crippen LogP contribution >= 0.6 is 0 Å². The molecule has 39 heavy (non-hydrogen) atoms. The third-order valence-electron chi connectivity index (χ3n) is 6.41. The summed E-state index contributed by atoms with van der Waals surface area (Å²) in [5.74, 6) is -1.32. The van der Waals surface area contributed by atoms with Gasteiger partial charge in [0.25, 0.3) is 5.91 Å². The second-order valence-electron chi connectivity index (χ2n) is 9.39. The lowest BCUT2D eigenvalue weighted by atomic mass is 10.0. The first kappa shape index (κ1) is 29.4. The van der Waals surface area contributed by atoms with Gasteiger partial charge in [0.1, 0.15) is 11.7 Å². The van der Waals surface area contributed by atoms with E-state index in [1.165, 1.54) is 7.11 Å². The van der Waals surface area contributed by atoms with Crippen molar-refractivity contribution in [1.82, 2.24) is 21.1 Å². The highest BCUT2D eigenvalue weighted by Gasteiger charge is 2.22. The van der Waals surface area contributed by atoms with Gasteiger partial charge in [-0.3, -0.25) is 19.6 Å². The number of unbranched alkanes of at least 4 members (excludes halogenated alkanes) is 3. The van der Waals surface area contributed by atoms with Crippen molar-refractivity contribution in [2.24, 2.45) is 0 Å². The van der Waals surface area contributed by atoms with E-state index >= 15 is 0 Å². The predicted molar refractivity (Wildman–Crippen MR) is 146 cm³/mol. The average Bonchev–Trinajstić information content (AvgIpc) is 3.38. The minimum absolute atomic E-state index is 0.195. The first-order chi connectivity index (χ1) is 18.9. The largest absolute Gasteiger partial charge is 0.467 e. The standard InChI is InChI=1S/C29H36N4O6/c1-39-29(37)25(18-20-9-5-4-6-10-20)32-26(34)15-13-21-12-14-23-22(17-21)19-24(31-23)28(36)30-16-8-3-2-7-11-27(35)33-38/h4-6,9-10,12,14,17,19,25,31,38H,2-3,7-8,11,13,15-16,18H2,1H3,(H,30,36)(H,32,34)(H,33,35)/t25-/m0/s1. The van der Waals surface area contributed by atoms with Crippen LogP contribution in [0.15, 0.2) is 54.6 Å². The normalized spacial score (nSPS) is 11.5. The Bertz CT molecular complexity index is 1260. The molecule has 208 valence electrons. The molecule has 1 heterocycles. The van der Waals surface area contributed by atoms with E-state index in [0.29, 0.717) is 31.5 Å². The number of fused-ring (bicyclic) bond motifs is 1. The lowest BCUT2D eigenvalue weighted by molar-refractivity contribution is -0.145. The Morgan fingerprint density at radius 1 is 0.897 bits per heavy atom. The molecule has 5 N–H and O–H groups in total. The van der Waals surface area contributed by atoms with E-state index in [0.717, 1.165) is 41.3 Å². The summed E-state index contributed by atoms with van der Waals surface area (Å²) in [4.78, 5) is 51.4. The summed E-state index contributed by atoms with van der Waals surface area (Å²) in [6.07, 6.45) is 4.51. The topological polar surface area (TPSA) is 150 Å². The number of carbonyl (C=O) groups is 4. The quantitative estimate of drug-likeness (QED) is 0.0872. The fourth-order valence-electron chi connectivity index (χ4n) is 4.29. The second kappa shape index (κ2) is 15.3. The van der Waals surface area contributed by atoms with Crippen LogP contribution in [0.25, 0.3) is 10.9 Å². The molecule has 2 aromatic carbocycles. The summed E-state index contributed by atoms with van der Waals surface area (Å²) in [6, 6.07) is 16.2. The Morgan fingerprint density at radius 2 is 1.67 bits per heavy atom. The van der Waals surface area contributed by atoms with E-state index in [2.05, 4.69) is 15.6 Å². The maximum atomic E-state index is 12.6. The summed E-state index contributed by atoms with van der Waals surface area (Å²) < 4.78 is 4.87. The Morgan fingerprint density at radius 3 is 2.41 bits per heavy atom. The number of amides is 3. The van der Waals surface area contributed by atoms with Crippen LogP contribution in [0.3, 0.4) is 0 Å². The van der Waals surface area contributed by atoms with Crippen molar-refractivity contribution in [3.05, 3.63) is 71.4 Å². The van der Waals surface area contributed by atoms with Gasteiger partial charge in [0, 0.05) is 36.7 Å². The van der Waals surface area contributed by atoms with Crippen molar-refractivity contribution in [1.29, 1.82) is 0 Å². The molecular weight excluding hydrogens is 500 g/mol. The molecule has 0 radical (unpaired) electrons. The van der Waals surface area contributed by atoms with Gasteiger partial charge >= 0.3 is 5.97 Å². The van der Waals surface area contributed by atoms with Crippen LogP contribution in [-0.4, -0.2) is 53.6 Å². The molecule has 10 nitrogen and oxygen atoms in total. The van der Waals surface area contributed by atoms with E-state index in [1.807, 2.05) is 48.5 Å². The number of aromatic nitrogens is 1. The fraction of sp³-hybridized carbons (Fsp3) is 0.379. The average molecular weight is 537 g/mol. The number of hydrogen-bond donors (Lipinski definition) is 5. The van der Waals surface area contributed by atoms with Crippen molar-refractivity contribution >= 4 is 34.6 Å². The van der Waals surface area contributed by atoms with E-state index in [1.54, 1.807) is 11.5 Å². The number of nitrogens with one attached hydrogen (secondary N) is 4. The number of H-pyrrole nitrogens is 1. The van der Waals surface area contributed by atoms with Gasteiger partial charge in [0.05, 0.1) is 7.11 Å². The van der Waals surface area contributed by atoms with Crippen molar-refractivity contribution in [2.75, 3.05) is 13.7 Å². The van der Waals surface area contributed by atoms with Gasteiger partial charge in [-0.15, -0.1) is 0 Å². The molecular formula is C29H36N4O6. The number of aromatic amines is 1. The number of hydrogen-bond acceptors (Lipinski definition) is 6. The minimum atomic E-state index is -0.758. The highest BCUT2D eigenvalue weighted by Crippen LogP contribution is 2.18. The molecule has 0 aliphatic heterocycles. The van der Waals surface area contributed by atoms with E-state index in [4.69, 9.17) is 9.94 Å². The zero-order valence-corrected chi connectivity index (χ0v) is 22.1. The van der Waals surface area contributed by atoms with Crippen LogP contribution < -0.4 is 16.1 Å². The third kappa shape index (κ3) is 9.57. The Hall–Kier alpha value is -4.18. The van der Waals surface area contributed by atoms with E-state index in [-0.39, 0.29) is 30.6 Å². The number of benzene rings is 2. The van der Waals surface area contributed by atoms with Gasteiger partial charge < -0.3 is 20.4 Å². The molecule has 10 heteroatoms. The Kier molecular flexibility index (Phi) is 11.5. The summed E-state index contributed by atoms with van der Waals surface area (Å²) in [6.45, 7) is 0.525. The Labute approximate surface area is 227 Å². The predicted octanol–water partition coefficient (Wildman–Crippen LogP) is 3.19. The van der Waals surface area contributed by atoms with Crippen LogP contribution in [0, 0.1) is 0 Å². The van der Waals surface area contributed by atoms with Crippen molar-refractivity contribution in [3.63, 3.8) is 0 Å². The summed E-state index contributed by atoms with van der Waals surface area (Å²) in [5, 5.41) is 15.0. The van der Waals surface area contributed by atoms with Crippen LogP contribution in [0.1, 0.15) is 60.1 Å². The SMILES string of the molecule is COC(=O)[C@H](Cc1ccccc1)NC(=O)CCc1ccc2[nH]c(C(=O)NCCCCCCC(=O)NO)cc2c1. The van der Waals surface area contributed by atoms with Crippen LogP contribution in [0.2, 0.25) is 0 Å².